The first-order valence-electron chi connectivity index (χ1n) is 21.8. The van der Waals surface area contributed by atoms with Gasteiger partial charge in [-0.2, -0.15) is 0 Å². The largest absolute Gasteiger partial charge is 0.462 e. The van der Waals surface area contributed by atoms with Gasteiger partial charge in [0, 0.05) is 48.0 Å². The summed E-state index contributed by atoms with van der Waals surface area (Å²) in [4.78, 5) is 24.9. The first-order valence-corrected chi connectivity index (χ1v) is 22.5. The van der Waals surface area contributed by atoms with Gasteiger partial charge in [-0.1, -0.05) is 181 Å². The summed E-state index contributed by atoms with van der Waals surface area (Å²) in [6.45, 7) is 23.5. The van der Waals surface area contributed by atoms with Crippen LogP contribution in [-0.4, -0.2) is 71.4 Å². The average Bonchev–Trinajstić information content (AvgIpc) is 4.29. The summed E-state index contributed by atoms with van der Waals surface area (Å²) in [5, 5.41) is 34.4. The van der Waals surface area contributed by atoms with E-state index in [4.69, 9.17) is 58.0 Å². The smallest absolute Gasteiger partial charge is 0.333 e. The number of rotatable bonds is 17. The van der Waals surface area contributed by atoms with Crippen molar-refractivity contribution in [2.45, 2.75) is 66.6 Å². The summed E-state index contributed by atoms with van der Waals surface area (Å²) in [5.41, 5.74) is 10.8. The molecular formula is C58H72Cl2O10. The van der Waals surface area contributed by atoms with E-state index in [2.05, 4.69) is 62.0 Å². The van der Waals surface area contributed by atoms with Gasteiger partial charge in [0.2, 0.25) is 5.24 Å². The Balaban J connectivity index is 0.000000828. The van der Waals surface area contributed by atoms with Gasteiger partial charge in [-0.05, 0) is 101 Å². The number of carbonyl (C=O) groups excluding carboxylic acids is 2. The zero-order chi connectivity index (χ0) is 50.3. The third-order valence-electron chi connectivity index (χ3n) is 9.57. The van der Waals surface area contributed by atoms with Crippen LogP contribution in [0, 0.1) is 0 Å². The SMILES string of the molecule is C.C.C=C(C)C(=O)Cl.C=C(C)C(=O)OCCc1ccc(CCO)cc1.C=C(OO)c1cccc(Cl)c1.C=Cc1ccc(C=C)cc1.OCCc1ccc(CCO)cc1.c1cc(C2CO2)ccc1C1CO1. The fourth-order valence-corrected chi connectivity index (χ4v) is 5.60. The van der Waals surface area contributed by atoms with Crippen molar-refractivity contribution in [3.8, 4) is 0 Å². The second-order valence-corrected chi connectivity index (χ2v) is 16.0. The molecule has 7 rings (SSSR count). The summed E-state index contributed by atoms with van der Waals surface area (Å²) >= 11 is 10.5. The molecule has 5 aromatic carbocycles. The molecule has 2 heterocycles. The minimum Gasteiger partial charge on any atom is -0.462 e. The lowest BCUT2D eigenvalue weighted by molar-refractivity contribution is -0.169. The van der Waals surface area contributed by atoms with E-state index in [1.165, 1.54) is 11.1 Å². The second-order valence-electron chi connectivity index (χ2n) is 15.2. The van der Waals surface area contributed by atoms with Crippen LogP contribution in [0.2, 0.25) is 5.02 Å². The first kappa shape index (κ1) is 64.1. The highest BCUT2D eigenvalue weighted by atomic mass is 35.5. The molecule has 2 unspecified atom stereocenters. The molecule has 70 heavy (non-hydrogen) atoms. The van der Waals surface area contributed by atoms with Crippen molar-refractivity contribution >= 4 is 52.3 Å². The predicted octanol–water partition coefficient (Wildman–Crippen LogP) is 12.8. The van der Waals surface area contributed by atoms with Crippen LogP contribution in [0.1, 0.15) is 91.0 Å². The van der Waals surface area contributed by atoms with Gasteiger partial charge in [-0.25, -0.2) is 10.1 Å². The highest BCUT2D eigenvalue weighted by Gasteiger charge is 2.27. The summed E-state index contributed by atoms with van der Waals surface area (Å²) < 4.78 is 15.4. The van der Waals surface area contributed by atoms with E-state index in [9.17, 15) is 9.59 Å². The van der Waals surface area contributed by atoms with Crippen LogP contribution in [0.25, 0.3) is 17.9 Å². The Hall–Kier alpha value is -5.92. The number of epoxide rings is 2. The van der Waals surface area contributed by atoms with Gasteiger partial charge < -0.3 is 34.4 Å². The highest BCUT2D eigenvalue weighted by Crippen LogP contribution is 2.33. The van der Waals surface area contributed by atoms with Gasteiger partial charge >= 0.3 is 5.97 Å². The number of ether oxygens (including phenoxy) is 3. The molecule has 0 radical (unpaired) electrons. The van der Waals surface area contributed by atoms with E-state index in [0.29, 0.717) is 66.2 Å². The number of aliphatic hydroxyl groups excluding tert-OH is 3. The number of hydrogen-bond acceptors (Lipinski definition) is 10. The van der Waals surface area contributed by atoms with E-state index in [-0.39, 0.29) is 46.4 Å². The molecule has 0 spiro atoms. The molecule has 378 valence electrons. The molecule has 0 saturated carbocycles. The van der Waals surface area contributed by atoms with Crippen LogP contribution in [0.15, 0.2) is 165 Å². The Morgan fingerprint density at radius 1 is 0.629 bits per heavy atom. The number of halogens is 2. The van der Waals surface area contributed by atoms with Crippen LogP contribution in [0.4, 0.5) is 0 Å². The molecular weight excluding hydrogens is 928 g/mol. The Labute approximate surface area is 426 Å². The Kier molecular flexibility index (Phi) is 33.9. The molecule has 5 aromatic rings. The normalized spacial score (nSPS) is 13.0. The van der Waals surface area contributed by atoms with Crippen LogP contribution in [0.5, 0.6) is 0 Å². The number of allylic oxidation sites excluding steroid dienone is 1. The molecule has 0 aliphatic carbocycles. The molecule has 0 amide bonds. The maximum Gasteiger partial charge on any atom is 0.333 e. The minimum atomic E-state index is -0.463. The summed E-state index contributed by atoms with van der Waals surface area (Å²) in [5.74, 6) is -0.158. The lowest BCUT2D eigenvalue weighted by Gasteiger charge is -2.05. The van der Waals surface area contributed by atoms with Crippen molar-refractivity contribution in [2.24, 2.45) is 0 Å². The zero-order valence-electron chi connectivity index (χ0n) is 39.0. The molecule has 10 nitrogen and oxygen atoms in total. The van der Waals surface area contributed by atoms with Crippen molar-refractivity contribution in [1.82, 2.24) is 0 Å². The molecule has 12 heteroatoms. The van der Waals surface area contributed by atoms with Gasteiger partial charge in [0.1, 0.15) is 12.2 Å². The van der Waals surface area contributed by atoms with Crippen LogP contribution < -0.4 is 0 Å². The second kappa shape index (κ2) is 37.0. The number of aliphatic hydroxyl groups is 3. The minimum absolute atomic E-state index is 0. The van der Waals surface area contributed by atoms with Crippen molar-refractivity contribution in [2.75, 3.05) is 39.6 Å². The molecule has 0 aromatic heterocycles. The Morgan fingerprint density at radius 3 is 1.26 bits per heavy atom. The summed E-state index contributed by atoms with van der Waals surface area (Å²) in [6.07, 6.45) is 7.18. The Bertz CT molecular complexity index is 2200. The predicted molar refractivity (Wildman–Crippen MR) is 289 cm³/mol. The average molecular weight is 1000 g/mol. The highest BCUT2D eigenvalue weighted by molar-refractivity contribution is 6.67. The fourth-order valence-electron chi connectivity index (χ4n) is 5.41. The standard InChI is InChI=1S/C14H18O3.C10H10O2.C10H14O2.C10H10.C8H7ClO2.C4H5ClO.2CH4/c1-11(2)14(16)17-10-8-13-5-3-12(4-6-13)7-9-15;1-2-8(10-6-12-10)4-3-7(1)9-5-11-9;11-7-5-9-1-2-10(4-3-9)6-8-12;1-3-9-5-7-10(4-2)8-6-9;1-6(11-10)7-3-2-4-8(9)5-7;1-3(2)4(5)6;;/h3-6,15H,1,7-10H2,2H3;1-4,9-10H,5-6H2;1-4,11-12H,5-8H2;3-8H,1-2H2;2-5,10H,1H2;1H2,2H3;2*1H4. The third-order valence-corrected chi connectivity index (χ3v) is 10.1. The van der Waals surface area contributed by atoms with E-state index < -0.39 is 5.24 Å². The topological polar surface area (TPSA) is 159 Å². The molecule has 2 fully saturated rings. The molecule has 2 aliphatic heterocycles. The molecule has 2 saturated heterocycles. The van der Waals surface area contributed by atoms with Crippen molar-refractivity contribution in [1.29, 1.82) is 0 Å². The van der Waals surface area contributed by atoms with Crippen LogP contribution >= 0.6 is 23.2 Å². The van der Waals surface area contributed by atoms with Gasteiger partial charge in [-0.15, -0.1) is 0 Å². The molecule has 4 N–H and O–H groups in total. The van der Waals surface area contributed by atoms with E-state index in [1.807, 2.05) is 84.9 Å². The Morgan fingerprint density at radius 2 is 0.986 bits per heavy atom. The fraction of sp³-hybridized carbons (Fsp3) is 0.276. The molecule has 2 atom stereocenters. The zero-order valence-corrected chi connectivity index (χ0v) is 40.5. The van der Waals surface area contributed by atoms with Crippen LogP contribution in [0.3, 0.4) is 0 Å². The van der Waals surface area contributed by atoms with Gasteiger partial charge in [0.05, 0.1) is 19.8 Å². The number of hydrogen-bond donors (Lipinski definition) is 4. The van der Waals surface area contributed by atoms with Gasteiger partial charge in [0.15, 0.2) is 5.76 Å². The number of esters is 1. The van der Waals surface area contributed by atoms with E-state index >= 15 is 0 Å². The number of benzene rings is 5. The lowest BCUT2D eigenvalue weighted by Crippen LogP contribution is -2.08. The van der Waals surface area contributed by atoms with Crippen molar-refractivity contribution < 1.29 is 49.3 Å². The van der Waals surface area contributed by atoms with Gasteiger partial charge in [-0.3, -0.25) is 4.79 Å². The van der Waals surface area contributed by atoms with Gasteiger partial charge in [0.25, 0.3) is 0 Å². The van der Waals surface area contributed by atoms with Crippen LogP contribution in [-0.2, 0) is 54.4 Å². The molecule has 2 aliphatic rings. The van der Waals surface area contributed by atoms with Crippen molar-refractivity contribution in [3.05, 3.63) is 220 Å². The lowest BCUT2D eigenvalue weighted by atomic mass is 10.1. The summed E-state index contributed by atoms with van der Waals surface area (Å²) in [6, 6.07) is 39.4. The quantitative estimate of drug-likeness (QED) is 0.0134. The monoisotopic (exact) mass is 998 g/mol. The van der Waals surface area contributed by atoms with E-state index in [1.54, 1.807) is 38.1 Å². The van der Waals surface area contributed by atoms with E-state index in [0.717, 1.165) is 46.6 Å². The third kappa shape index (κ3) is 27.9. The maximum atomic E-state index is 11.1. The van der Waals surface area contributed by atoms with Crippen molar-refractivity contribution in [3.63, 3.8) is 0 Å². The molecule has 0 bridgehead atoms. The first-order chi connectivity index (χ1) is 32.7. The maximum absolute atomic E-state index is 11.1. The number of carbonyl (C=O) groups is 2. The summed E-state index contributed by atoms with van der Waals surface area (Å²) in [7, 11) is 0.